The largest absolute Gasteiger partial charge is 0.369 e. The molecule has 0 aliphatic carbocycles. The molecule has 29 heavy (non-hydrogen) atoms. The number of nitrogens with one attached hydrogen (secondary N) is 1. The van der Waals surface area contributed by atoms with E-state index in [-0.39, 0.29) is 6.42 Å². The minimum atomic E-state index is -3.36. The lowest BCUT2D eigenvalue weighted by molar-refractivity contribution is -0.0341. The lowest BCUT2D eigenvalue weighted by atomic mass is 10.0. The Bertz CT molecular complexity index is 1140. The fourth-order valence-electron chi connectivity index (χ4n) is 3.10. The van der Waals surface area contributed by atoms with Crippen molar-refractivity contribution in [2.75, 3.05) is 11.0 Å². The Morgan fingerprint density at radius 2 is 1.69 bits per heavy atom. The number of benzene rings is 2. The summed E-state index contributed by atoms with van der Waals surface area (Å²) in [6, 6.07) is 17.8. The maximum atomic E-state index is 12.5. The van der Waals surface area contributed by atoms with Crippen LogP contribution in [-0.2, 0) is 28.6 Å². The summed E-state index contributed by atoms with van der Waals surface area (Å²) in [6.07, 6.45) is 3.38. The molecule has 0 fully saturated rings. The minimum absolute atomic E-state index is 0.136. The fourth-order valence-corrected chi connectivity index (χ4v) is 3.67. The quantitative estimate of drug-likeness (QED) is 0.618. The average Bonchev–Trinajstić information content (AvgIpc) is 2.63. The van der Waals surface area contributed by atoms with E-state index in [2.05, 4.69) is 9.82 Å². The number of aromatic nitrogens is 2. The molecule has 1 heterocycles. The van der Waals surface area contributed by atoms with Crippen molar-refractivity contribution >= 4 is 15.7 Å². The average molecular weight is 413 g/mol. The third-order valence-electron chi connectivity index (χ3n) is 4.36. The molecule has 8 heteroatoms. The minimum Gasteiger partial charge on any atom is -0.369 e. The molecule has 0 saturated heterocycles. The number of nitrogens with zero attached hydrogens (tertiary/aromatic N) is 2. The summed E-state index contributed by atoms with van der Waals surface area (Å²) in [5.74, 6) is 0. The Balaban J connectivity index is 1.76. The topological polar surface area (TPSA) is 101 Å². The van der Waals surface area contributed by atoms with E-state index in [4.69, 9.17) is 0 Å². The molecule has 0 saturated carbocycles. The highest BCUT2D eigenvalue weighted by Crippen LogP contribution is 2.19. The van der Waals surface area contributed by atoms with Gasteiger partial charge in [0, 0.05) is 18.2 Å². The number of anilines is 1. The highest BCUT2D eigenvalue weighted by Gasteiger charge is 2.26. The predicted octanol–water partition coefficient (Wildman–Crippen LogP) is 2.11. The van der Waals surface area contributed by atoms with Gasteiger partial charge in [0.2, 0.25) is 10.0 Å². The van der Waals surface area contributed by atoms with E-state index in [0.717, 1.165) is 27.6 Å². The van der Waals surface area contributed by atoms with E-state index < -0.39 is 21.3 Å². The van der Waals surface area contributed by atoms with Crippen LogP contribution in [0.3, 0.4) is 0 Å². The molecule has 0 aliphatic rings. The maximum Gasteiger partial charge on any atom is 0.269 e. The van der Waals surface area contributed by atoms with Gasteiger partial charge in [0.1, 0.15) is 0 Å². The lowest BCUT2D eigenvalue weighted by Crippen LogP contribution is -2.42. The Labute approximate surface area is 169 Å². The summed E-state index contributed by atoms with van der Waals surface area (Å²) in [6.45, 7) is 1.51. The third-order valence-corrected chi connectivity index (χ3v) is 4.97. The molecule has 0 spiro atoms. The zero-order valence-corrected chi connectivity index (χ0v) is 17.1. The summed E-state index contributed by atoms with van der Waals surface area (Å²) in [4.78, 5) is 12.5. The standard InChI is InChI=1S/C21H23N3O4S/c1-21(26,14-17-8-10-19(11-9-17)23-29(2,27)28)24-20(25)13-18(15-22-24)12-16-6-4-3-5-7-16/h3-11,13,15,23,26H,12,14H2,1-2H3. The van der Waals surface area contributed by atoms with Crippen LogP contribution in [0.5, 0.6) is 0 Å². The van der Waals surface area contributed by atoms with Crippen LogP contribution in [0.4, 0.5) is 5.69 Å². The van der Waals surface area contributed by atoms with Crippen LogP contribution in [0.25, 0.3) is 0 Å². The van der Waals surface area contributed by atoms with Crippen molar-refractivity contribution in [3.05, 3.63) is 93.9 Å². The number of hydrogen-bond donors (Lipinski definition) is 2. The van der Waals surface area contributed by atoms with Crippen LogP contribution >= 0.6 is 0 Å². The maximum absolute atomic E-state index is 12.5. The predicted molar refractivity (Wildman–Crippen MR) is 112 cm³/mol. The summed E-state index contributed by atoms with van der Waals surface area (Å²) < 4.78 is 26.0. The van der Waals surface area contributed by atoms with Gasteiger partial charge in [-0.25, -0.2) is 8.42 Å². The highest BCUT2D eigenvalue weighted by molar-refractivity contribution is 7.92. The van der Waals surface area contributed by atoms with Gasteiger partial charge in [-0.2, -0.15) is 9.78 Å². The Morgan fingerprint density at radius 3 is 2.28 bits per heavy atom. The van der Waals surface area contributed by atoms with Crippen molar-refractivity contribution in [3.63, 3.8) is 0 Å². The molecule has 0 radical (unpaired) electrons. The number of rotatable bonds is 7. The molecular formula is C21H23N3O4S. The molecule has 152 valence electrons. The first-order chi connectivity index (χ1) is 13.6. The van der Waals surface area contributed by atoms with Gasteiger partial charge in [-0.3, -0.25) is 9.52 Å². The van der Waals surface area contributed by atoms with E-state index in [0.29, 0.717) is 12.1 Å². The van der Waals surface area contributed by atoms with Gasteiger partial charge in [0.05, 0.1) is 12.5 Å². The van der Waals surface area contributed by atoms with Crippen LogP contribution in [0, 0.1) is 0 Å². The van der Waals surface area contributed by atoms with Crippen molar-refractivity contribution in [2.45, 2.75) is 25.5 Å². The summed E-state index contributed by atoms with van der Waals surface area (Å²) in [7, 11) is -3.36. The first kappa shape index (κ1) is 20.8. The number of sulfonamides is 1. The van der Waals surface area contributed by atoms with E-state index in [1.807, 2.05) is 30.3 Å². The highest BCUT2D eigenvalue weighted by atomic mass is 32.2. The van der Waals surface area contributed by atoms with Crippen LogP contribution in [0.15, 0.2) is 71.7 Å². The van der Waals surface area contributed by atoms with E-state index in [1.165, 1.54) is 13.0 Å². The van der Waals surface area contributed by atoms with Gasteiger partial charge in [-0.05, 0) is 42.2 Å². The van der Waals surface area contributed by atoms with Gasteiger partial charge < -0.3 is 5.11 Å². The van der Waals surface area contributed by atoms with Crippen molar-refractivity contribution < 1.29 is 13.5 Å². The van der Waals surface area contributed by atoms with Crippen LogP contribution in [-0.4, -0.2) is 29.6 Å². The summed E-state index contributed by atoms with van der Waals surface area (Å²) in [5, 5.41) is 15.0. The van der Waals surface area contributed by atoms with Crippen molar-refractivity contribution in [1.29, 1.82) is 0 Å². The monoisotopic (exact) mass is 413 g/mol. The second-order valence-corrected chi connectivity index (χ2v) is 8.99. The second kappa shape index (κ2) is 8.18. The van der Waals surface area contributed by atoms with Crippen LogP contribution in [0.2, 0.25) is 0 Å². The Hall–Kier alpha value is -2.97. The molecule has 0 bridgehead atoms. The van der Waals surface area contributed by atoms with Crippen molar-refractivity contribution in [2.24, 2.45) is 0 Å². The molecule has 3 rings (SSSR count). The summed E-state index contributed by atoms with van der Waals surface area (Å²) in [5.41, 5.74) is 1.07. The first-order valence-corrected chi connectivity index (χ1v) is 10.9. The van der Waals surface area contributed by atoms with Gasteiger partial charge >= 0.3 is 0 Å². The van der Waals surface area contributed by atoms with Gasteiger partial charge in [0.15, 0.2) is 5.72 Å². The van der Waals surface area contributed by atoms with E-state index in [9.17, 15) is 18.3 Å². The fraction of sp³-hybridized carbons (Fsp3) is 0.238. The molecule has 3 aromatic rings. The van der Waals surface area contributed by atoms with Crippen LogP contribution in [0.1, 0.15) is 23.6 Å². The zero-order valence-electron chi connectivity index (χ0n) is 16.2. The number of hydrogen-bond acceptors (Lipinski definition) is 5. The molecule has 1 unspecified atom stereocenters. The zero-order chi connectivity index (χ0) is 21.1. The SMILES string of the molecule is CC(O)(Cc1ccc(NS(C)(=O)=O)cc1)n1ncc(Cc2ccccc2)cc1=O. The summed E-state index contributed by atoms with van der Waals surface area (Å²) >= 11 is 0. The van der Waals surface area contributed by atoms with Gasteiger partial charge in [0.25, 0.3) is 5.56 Å². The smallest absolute Gasteiger partial charge is 0.269 e. The molecule has 2 aromatic carbocycles. The molecule has 7 nitrogen and oxygen atoms in total. The molecule has 0 amide bonds. The lowest BCUT2D eigenvalue weighted by Gasteiger charge is -2.25. The molecule has 0 aliphatic heterocycles. The van der Waals surface area contributed by atoms with Crippen molar-refractivity contribution in [3.8, 4) is 0 Å². The molecule has 1 atom stereocenters. The molecule has 2 N–H and O–H groups in total. The first-order valence-electron chi connectivity index (χ1n) is 9.04. The van der Waals surface area contributed by atoms with Gasteiger partial charge in [-0.15, -0.1) is 0 Å². The van der Waals surface area contributed by atoms with E-state index >= 15 is 0 Å². The van der Waals surface area contributed by atoms with Crippen LogP contribution < -0.4 is 10.3 Å². The van der Waals surface area contributed by atoms with E-state index in [1.54, 1.807) is 30.5 Å². The molecular weight excluding hydrogens is 390 g/mol. The van der Waals surface area contributed by atoms with Gasteiger partial charge in [-0.1, -0.05) is 42.5 Å². The van der Waals surface area contributed by atoms with Crippen molar-refractivity contribution in [1.82, 2.24) is 9.78 Å². The molecule has 1 aromatic heterocycles. The third kappa shape index (κ3) is 5.75. The second-order valence-electron chi connectivity index (χ2n) is 7.24. The Kier molecular flexibility index (Phi) is 5.86. The normalized spacial score (nSPS) is 13.6. The Morgan fingerprint density at radius 1 is 1.03 bits per heavy atom. The number of aliphatic hydroxyl groups is 1.